The number of fused-ring (bicyclic) bond motifs is 2. The number of ether oxygens (including phenoxy) is 2. The molecule has 0 amide bonds. The summed E-state index contributed by atoms with van der Waals surface area (Å²) in [5.74, 6) is 1.61. The van der Waals surface area contributed by atoms with Crippen molar-refractivity contribution in [3.63, 3.8) is 0 Å². The molecule has 0 aliphatic heterocycles. The topological polar surface area (TPSA) is 52.6 Å². The molecule has 192 valence electrons. The van der Waals surface area contributed by atoms with Crippen LogP contribution in [0.25, 0.3) is 0 Å². The predicted molar refractivity (Wildman–Crippen MR) is 133 cm³/mol. The van der Waals surface area contributed by atoms with E-state index in [0.717, 1.165) is 49.0 Å². The summed E-state index contributed by atoms with van der Waals surface area (Å²) in [4.78, 5) is 25.7. The summed E-state index contributed by atoms with van der Waals surface area (Å²) in [6.45, 7) is 2.67. The van der Waals surface area contributed by atoms with Crippen molar-refractivity contribution in [3.8, 4) is 5.75 Å². The smallest absolute Gasteiger partial charge is 0.309 e. The zero-order valence-electron chi connectivity index (χ0n) is 21.2. The molecule has 0 radical (unpaired) electrons. The van der Waals surface area contributed by atoms with E-state index in [4.69, 9.17) is 9.47 Å². The van der Waals surface area contributed by atoms with E-state index in [2.05, 4.69) is 0 Å². The third-order valence-electron chi connectivity index (χ3n) is 9.06. The highest BCUT2D eigenvalue weighted by atomic mass is 19.1. The third-order valence-corrected chi connectivity index (χ3v) is 9.06. The van der Waals surface area contributed by atoms with Gasteiger partial charge in [-0.1, -0.05) is 25.7 Å². The van der Waals surface area contributed by atoms with E-state index in [9.17, 15) is 9.59 Å². The molecule has 1 aromatic carbocycles. The Labute approximate surface area is 209 Å². The van der Waals surface area contributed by atoms with Crippen LogP contribution in [0.5, 0.6) is 5.75 Å². The Balaban J connectivity index is 1.21. The van der Waals surface area contributed by atoms with Crippen molar-refractivity contribution in [3.05, 3.63) is 29.1 Å². The van der Waals surface area contributed by atoms with Gasteiger partial charge in [0, 0.05) is 12.0 Å². The highest BCUT2D eigenvalue weighted by molar-refractivity contribution is 6.01. The minimum Gasteiger partial charge on any atom is -0.493 e. The van der Waals surface area contributed by atoms with Gasteiger partial charge in [0.25, 0.3) is 0 Å². The Morgan fingerprint density at radius 3 is 2.37 bits per heavy atom. The normalized spacial score (nSPS) is 30.2. The molecule has 4 fully saturated rings. The van der Waals surface area contributed by atoms with Gasteiger partial charge in [0.1, 0.15) is 11.6 Å². The lowest BCUT2D eigenvalue weighted by Crippen LogP contribution is -2.28. The SMILES string of the molecule is CCOC(=O)[C@@H]1CCC[C@H]1C(=O)c1cc(C2CC2)c(OCCCC2CC3CCCC(C2)C3)cc1F. The Morgan fingerprint density at radius 1 is 0.943 bits per heavy atom. The average Bonchev–Trinajstić information content (AvgIpc) is 3.56. The van der Waals surface area contributed by atoms with Gasteiger partial charge in [0.15, 0.2) is 5.78 Å². The molecule has 35 heavy (non-hydrogen) atoms. The maximum Gasteiger partial charge on any atom is 0.309 e. The Hall–Kier alpha value is -1.91. The maximum absolute atomic E-state index is 15.2. The second kappa shape index (κ2) is 11.0. The van der Waals surface area contributed by atoms with Crippen LogP contribution in [0.2, 0.25) is 0 Å². The molecule has 5 heteroatoms. The van der Waals surface area contributed by atoms with E-state index in [1.165, 1.54) is 51.0 Å². The first kappa shape index (κ1) is 24.8. The molecule has 0 saturated heterocycles. The van der Waals surface area contributed by atoms with Gasteiger partial charge in [-0.2, -0.15) is 0 Å². The van der Waals surface area contributed by atoms with Crippen LogP contribution < -0.4 is 4.74 Å². The summed E-state index contributed by atoms with van der Waals surface area (Å²) >= 11 is 0. The van der Waals surface area contributed by atoms with Crippen molar-refractivity contribution in [2.45, 2.75) is 96.3 Å². The molecule has 4 aliphatic rings. The molecular formula is C30H41FO4. The number of hydrogen-bond acceptors (Lipinski definition) is 4. The highest BCUT2D eigenvalue weighted by Crippen LogP contribution is 2.47. The van der Waals surface area contributed by atoms with E-state index in [1.54, 1.807) is 13.0 Å². The second-order valence-corrected chi connectivity index (χ2v) is 11.6. The molecule has 0 heterocycles. The third kappa shape index (κ3) is 5.75. The van der Waals surface area contributed by atoms with Gasteiger partial charge in [-0.25, -0.2) is 4.39 Å². The summed E-state index contributed by atoms with van der Waals surface area (Å²) in [7, 11) is 0. The summed E-state index contributed by atoms with van der Waals surface area (Å²) in [5, 5.41) is 0. The van der Waals surface area contributed by atoms with Crippen molar-refractivity contribution >= 4 is 11.8 Å². The number of ketones is 1. The molecule has 4 saturated carbocycles. The first-order valence-corrected chi connectivity index (χ1v) is 14.2. The molecule has 4 nitrogen and oxygen atoms in total. The lowest BCUT2D eigenvalue weighted by molar-refractivity contribution is -0.148. The Kier molecular flexibility index (Phi) is 7.79. The van der Waals surface area contributed by atoms with Gasteiger partial charge < -0.3 is 9.47 Å². The van der Waals surface area contributed by atoms with Crippen molar-refractivity contribution in [1.29, 1.82) is 0 Å². The van der Waals surface area contributed by atoms with Crippen LogP contribution in [0.1, 0.15) is 112 Å². The molecule has 2 unspecified atom stereocenters. The fourth-order valence-corrected chi connectivity index (χ4v) is 7.26. The molecule has 4 aliphatic carbocycles. The zero-order chi connectivity index (χ0) is 24.4. The van der Waals surface area contributed by atoms with E-state index in [-0.39, 0.29) is 17.3 Å². The van der Waals surface area contributed by atoms with Gasteiger partial charge >= 0.3 is 5.97 Å². The zero-order valence-corrected chi connectivity index (χ0v) is 21.2. The van der Waals surface area contributed by atoms with Gasteiger partial charge in [-0.05, 0) is 100 Å². The molecule has 0 spiro atoms. The fourth-order valence-electron chi connectivity index (χ4n) is 7.26. The standard InChI is InChI=1S/C30H41FO4/c1-2-34-30(33)24-10-4-9-23(24)29(32)26-17-25(22-11-12-22)28(18-27(26)31)35-13-5-8-21-15-19-6-3-7-20(14-19)16-21/h17-24H,2-16H2,1H3/t19?,20?,21?,23-,24-/m1/s1. The van der Waals surface area contributed by atoms with Gasteiger partial charge in [0.05, 0.1) is 24.7 Å². The molecule has 0 aromatic heterocycles. The van der Waals surface area contributed by atoms with Crippen LogP contribution in [0, 0.1) is 35.4 Å². The van der Waals surface area contributed by atoms with Crippen molar-refractivity contribution in [1.82, 2.24) is 0 Å². The molecule has 4 atom stereocenters. The molecule has 5 rings (SSSR count). The largest absolute Gasteiger partial charge is 0.493 e. The van der Waals surface area contributed by atoms with Gasteiger partial charge in [0.2, 0.25) is 0 Å². The molecule has 1 aromatic rings. The van der Waals surface area contributed by atoms with Crippen LogP contribution >= 0.6 is 0 Å². The number of Topliss-reactive ketones (excluding diaryl/α,β-unsaturated/α-hetero) is 1. The Morgan fingerprint density at radius 2 is 1.66 bits per heavy atom. The highest BCUT2D eigenvalue weighted by Gasteiger charge is 2.40. The number of carbonyl (C=O) groups is 2. The van der Waals surface area contributed by atoms with Crippen molar-refractivity contribution in [2.75, 3.05) is 13.2 Å². The summed E-state index contributed by atoms with van der Waals surface area (Å²) in [6.07, 6.45) is 14.8. The first-order chi connectivity index (χ1) is 17.0. The van der Waals surface area contributed by atoms with Crippen LogP contribution in [0.3, 0.4) is 0 Å². The average molecular weight is 485 g/mol. The number of rotatable bonds is 10. The Bertz CT molecular complexity index is 911. The summed E-state index contributed by atoms with van der Waals surface area (Å²) in [5.41, 5.74) is 1.09. The van der Waals surface area contributed by atoms with Crippen LogP contribution in [-0.4, -0.2) is 25.0 Å². The number of esters is 1. The van der Waals surface area contributed by atoms with Crippen molar-refractivity contribution in [2.24, 2.45) is 29.6 Å². The van der Waals surface area contributed by atoms with Crippen LogP contribution in [0.15, 0.2) is 12.1 Å². The molecule has 2 bridgehead atoms. The van der Waals surface area contributed by atoms with Crippen LogP contribution in [-0.2, 0) is 9.53 Å². The first-order valence-electron chi connectivity index (χ1n) is 14.2. The summed E-state index contributed by atoms with van der Waals surface area (Å²) in [6, 6.07) is 3.16. The number of carbonyl (C=O) groups excluding carboxylic acids is 2. The number of hydrogen-bond donors (Lipinski definition) is 0. The minimum absolute atomic E-state index is 0.120. The number of benzene rings is 1. The second-order valence-electron chi connectivity index (χ2n) is 11.6. The molecule has 0 N–H and O–H groups in total. The predicted octanol–water partition coefficient (Wildman–Crippen LogP) is 7.24. The quantitative estimate of drug-likeness (QED) is 0.199. The van der Waals surface area contributed by atoms with E-state index in [1.807, 2.05) is 0 Å². The van der Waals surface area contributed by atoms with Crippen molar-refractivity contribution < 1.29 is 23.5 Å². The van der Waals surface area contributed by atoms with Gasteiger partial charge in [-0.15, -0.1) is 0 Å². The molecular weight excluding hydrogens is 443 g/mol. The lowest BCUT2D eigenvalue weighted by Gasteiger charge is -2.39. The van der Waals surface area contributed by atoms with Gasteiger partial charge in [-0.3, -0.25) is 9.59 Å². The monoisotopic (exact) mass is 484 g/mol. The van der Waals surface area contributed by atoms with E-state index >= 15 is 4.39 Å². The van der Waals surface area contributed by atoms with Crippen LogP contribution in [0.4, 0.5) is 4.39 Å². The minimum atomic E-state index is -0.524. The lowest BCUT2D eigenvalue weighted by atomic mass is 9.67. The fraction of sp³-hybridized carbons (Fsp3) is 0.733. The number of halogens is 1. The summed E-state index contributed by atoms with van der Waals surface area (Å²) < 4.78 is 26.5. The van der Waals surface area contributed by atoms with E-state index in [0.29, 0.717) is 37.7 Å². The van der Waals surface area contributed by atoms with E-state index < -0.39 is 17.7 Å². The maximum atomic E-state index is 15.2.